The number of nitrogens with one attached hydrogen (secondary N) is 3. The van der Waals surface area contributed by atoms with Gasteiger partial charge in [0, 0.05) is 17.8 Å². The highest BCUT2D eigenvalue weighted by atomic mass is 16.2. The number of aryl methyl sites for hydroxylation is 1. The molecule has 134 valence electrons. The van der Waals surface area contributed by atoms with E-state index in [-0.39, 0.29) is 19.0 Å². The standard InChI is InChI=1S/C19H20N4O3/c1-13-5-4-7-14(9-13)19(26)22-21-17(24)12-23-11-15-6-2-3-8-16(15)20-10-18(23)25/h2-9,20H,10-12H2,1H3,(H,21,24)(H,22,26). The summed E-state index contributed by atoms with van der Waals surface area (Å²) in [6.07, 6.45) is 0. The fourth-order valence-electron chi connectivity index (χ4n) is 2.75. The number of carbonyl (C=O) groups excluding carboxylic acids is 3. The van der Waals surface area contributed by atoms with E-state index in [0.29, 0.717) is 12.1 Å². The first-order chi connectivity index (χ1) is 12.5. The molecule has 0 aliphatic carbocycles. The van der Waals surface area contributed by atoms with Gasteiger partial charge in [-0.2, -0.15) is 0 Å². The minimum Gasteiger partial charge on any atom is -0.376 e. The van der Waals surface area contributed by atoms with Crippen molar-refractivity contribution in [2.75, 3.05) is 18.4 Å². The van der Waals surface area contributed by atoms with Crippen molar-refractivity contribution in [2.24, 2.45) is 0 Å². The van der Waals surface area contributed by atoms with Crippen molar-refractivity contribution in [1.29, 1.82) is 0 Å². The normalized spacial score (nSPS) is 13.3. The van der Waals surface area contributed by atoms with Gasteiger partial charge < -0.3 is 10.2 Å². The Labute approximate surface area is 151 Å². The summed E-state index contributed by atoms with van der Waals surface area (Å²) < 4.78 is 0. The van der Waals surface area contributed by atoms with Crippen molar-refractivity contribution in [1.82, 2.24) is 15.8 Å². The number of nitrogens with zero attached hydrogens (tertiary/aromatic N) is 1. The Morgan fingerprint density at radius 2 is 1.92 bits per heavy atom. The minimum absolute atomic E-state index is 0.125. The lowest BCUT2D eigenvalue weighted by Gasteiger charge is -2.20. The molecule has 2 aromatic carbocycles. The van der Waals surface area contributed by atoms with Crippen LogP contribution < -0.4 is 16.2 Å². The molecule has 0 bridgehead atoms. The van der Waals surface area contributed by atoms with Gasteiger partial charge >= 0.3 is 0 Å². The molecule has 1 heterocycles. The number of carbonyl (C=O) groups is 3. The Kier molecular flexibility index (Phi) is 5.17. The number of fused-ring (bicyclic) bond motifs is 1. The van der Waals surface area contributed by atoms with E-state index in [1.54, 1.807) is 18.2 Å². The molecule has 0 atom stereocenters. The monoisotopic (exact) mass is 352 g/mol. The second kappa shape index (κ2) is 7.69. The smallest absolute Gasteiger partial charge is 0.269 e. The van der Waals surface area contributed by atoms with Crippen LogP contribution in [0.5, 0.6) is 0 Å². The average Bonchev–Trinajstić information content (AvgIpc) is 2.79. The van der Waals surface area contributed by atoms with Crippen LogP contribution in [-0.2, 0) is 16.1 Å². The van der Waals surface area contributed by atoms with E-state index < -0.39 is 11.8 Å². The highest BCUT2D eigenvalue weighted by molar-refractivity contribution is 5.96. The fraction of sp³-hybridized carbons (Fsp3) is 0.211. The van der Waals surface area contributed by atoms with Crippen LogP contribution in [0.1, 0.15) is 21.5 Å². The van der Waals surface area contributed by atoms with Gasteiger partial charge in [0.2, 0.25) is 5.91 Å². The van der Waals surface area contributed by atoms with E-state index in [9.17, 15) is 14.4 Å². The van der Waals surface area contributed by atoms with Crippen LogP contribution in [0.25, 0.3) is 0 Å². The Morgan fingerprint density at radius 1 is 1.12 bits per heavy atom. The van der Waals surface area contributed by atoms with E-state index in [4.69, 9.17) is 0 Å². The van der Waals surface area contributed by atoms with Crippen LogP contribution in [0, 0.1) is 6.92 Å². The lowest BCUT2D eigenvalue weighted by molar-refractivity contribution is -0.135. The van der Waals surface area contributed by atoms with E-state index in [1.807, 2.05) is 37.3 Å². The molecule has 0 saturated carbocycles. The van der Waals surface area contributed by atoms with Crippen molar-refractivity contribution in [3.63, 3.8) is 0 Å². The summed E-state index contributed by atoms with van der Waals surface area (Å²) in [5, 5.41) is 3.06. The van der Waals surface area contributed by atoms with Crippen LogP contribution in [0.3, 0.4) is 0 Å². The quantitative estimate of drug-likeness (QED) is 0.724. The van der Waals surface area contributed by atoms with Crippen LogP contribution >= 0.6 is 0 Å². The second-order valence-electron chi connectivity index (χ2n) is 6.13. The summed E-state index contributed by atoms with van der Waals surface area (Å²) in [7, 11) is 0. The van der Waals surface area contributed by atoms with E-state index >= 15 is 0 Å². The zero-order valence-electron chi connectivity index (χ0n) is 14.4. The van der Waals surface area contributed by atoms with E-state index in [1.165, 1.54) is 4.90 Å². The molecule has 3 rings (SSSR count). The van der Waals surface area contributed by atoms with E-state index in [0.717, 1.165) is 16.8 Å². The summed E-state index contributed by atoms with van der Waals surface area (Å²) >= 11 is 0. The molecule has 2 aromatic rings. The van der Waals surface area contributed by atoms with Gasteiger partial charge in [0.1, 0.15) is 6.54 Å². The molecule has 1 aliphatic rings. The van der Waals surface area contributed by atoms with E-state index in [2.05, 4.69) is 16.2 Å². The highest BCUT2D eigenvalue weighted by Gasteiger charge is 2.22. The lowest BCUT2D eigenvalue weighted by atomic mass is 10.1. The third-order valence-corrected chi connectivity index (χ3v) is 4.09. The first kappa shape index (κ1) is 17.5. The second-order valence-corrected chi connectivity index (χ2v) is 6.13. The van der Waals surface area contributed by atoms with Crippen LogP contribution in [-0.4, -0.2) is 35.7 Å². The summed E-state index contributed by atoms with van der Waals surface area (Å²) in [5.74, 6) is -1.05. The zero-order valence-corrected chi connectivity index (χ0v) is 14.4. The molecule has 0 aromatic heterocycles. The predicted molar refractivity (Wildman–Crippen MR) is 97.1 cm³/mol. The van der Waals surface area contributed by atoms with Gasteiger partial charge in [-0.3, -0.25) is 25.2 Å². The average molecular weight is 352 g/mol. The summed E-state index contributed by atoms with van der Waals surface area (Å²) in [6.45, 7) is 2.20. The highest BCUT2D eigenvalue weighted by Crippen LogP contribution is 2.19. The SMILES string of the molecule is Cc1cccc(C(=O)NNC(=O)CN2Cc3ccccc3NCC2=O)c1. The number of hydrogen-bond acceptors (Lipinski definition) is 4. The van der Waals surface area contributed by atoms with Gasteiger partial charge in [-0.05, 0) is 30.7 Å². The summed E-state index contributed by atoms with van der Waals surface area (Å²) in [6, 6.07) is 14.6. The first-order valence-electron chi connectivity index (χ1n) is 8.28. The molecule has 0 radical (unpaired) electrons. The molecule has 3 N–H and O–H groups in total. The molecular formula is C19H20N4O3. The van der Waals surface area contributed by atoms with Crippen LogP contribution in [0.2, 0.25) is 0 Å². The minimum atomic E-state index is -0.460. The number of hydrogen-bond donors (Lipinski definition) is 3. The van der Waals surface area contributed by atoms with Crippen molar-refractivity contribution < 1.29 is 14.4 Å². The number of para-hydroxylation sites is 1. The molecular weight excluding hydrogens is 332 g/mol. The molecule has 7 nitrogen and oxygen atoms in total. The number of rotatable bonds is 3. The number of amides is 3. The zero-order chi connectivity index (χ0) is 18.5. The van der Waals surface area contributed by atoms with Crippen LogP contribution in [0.15, 0.2) is 48.5 Å². The predicted octanol–water partition coefficient (Wildman–Crippen LogP) is 1.21. The maximum absolute atomic E-state index is 12.2. The maximum Gasteiger partial charge on any atom is 0.269 e. The summed E-state index contributed by atoms with van der Waals surface area (Å²) in [5.41, 5.74) is 7.96. The molecule has 26 heavy (non-hydrogen) atoms. The Balaban J connectivity index is 1.57. The molecule has 3 amide bonds. The number of anilines is 1. The molecule has 1 aliphatic heterocycles. The summed E-state index contributed by atoms with van der Waals surface area (Å²) in [4.78, 5) is 37.9. The van der Waals surface area contributed by atoms with Crippen molar-refractivity contribution in [3.8, 4) is 0 Å². The van der Waals surface area contributed by atoms with Gasteiger partial charge in [0.15, 0.2) is 0 Å². The topological polar surface area (TPSA) is 90.5 Å². The number of hydrazine groups is 1. The van der Waals surface area contributed by atoms with Gasteiger partial charge in [-0.25, -0.2) is 0 Å². The van der Waals surface area contributed by atoms with Gasteiger partial charge in [0.05, 0.1) is 6.54 Å². The molecule has 0 spiro atoms. The Morgan fingerprint density at radius 3 is 2.73 bits per heavy atom. The molecule has 7 heteroatoms. The Hall–Kier alpha value is -3.35. The van der Waals surface area contributed by atoms with Gasteiger partial charge in [0.25, 0.3) is 11.8 Å². The number of benzene rings is 2. The Bertz CT molecular complexity index is 850. The van der Waals surface area contributed by atoms with Crippen LogP contribution in [0.4, 0.5) is 5.69 Å². The van der Waals surface area contributed by atoms with Crippen molar-refractivity contribution in [3.05, 3.63) is 65.2 Å². The maximum atomic E-state index is 12.2. The third-order valence-electron chi connectivity index (χ3n) is 4.09. The van der Waals surface area contributed by atoms with Gasteiger partial charge in [-0.15, -0.1) is 0 Å². The largest absolute Gasteiger partial charge is 0.376 e. The first-order valence-corrected chi connectivity index (χ1v) is 8.28. The molecule has 0 saturated heterocycles. The van der Waals surface area contributed by atoms with Gasteiger partial charge in [-0.1, -0.05) is 35.9 Å². The lowest BCUT2D eigenvalue weighted by Crippen LogP contribution is -2.47. The van der Waals surface area contributed by atoms with Crippen molar-refractivity contribution in [2.45, 2.75) is 13.5 Å². The molecule has 0 unspecified atom stereocenters. The van der Waals surface area contributed by atoms with Crippen molar-refractivity contribution >= 4 is 23.4 Å². The third kappa shape index (κ3) is 4.18. The fourth-order valence-corrected chi connectivity index (χ4v) is 2.75. The molecule has 0 fully saturated rings.